The molecule has 2 aliphatic heterocycles. The first kappa shape index (κ1) is 18.6. The molecule has 1 aliphatic carbocycles. The molecule has 2 fully saturated rings. The van der Waals surface area contributed by atoms with Crippen LogP contribution in [0.2, 0.25) is 0 Å². The molecular weight excluding hydrogens is 364 g/mol. The number of amides is 1. The standard InChI is InChI=1S/C22H30N6O/c1-3-9-28-16(2)18(13-25-28)14-26-11-7-22(8-12-26)20-19(23-15-24-20)6-10-27(22)21(29)17-4-5-17/h3,13,15,17H,1,4-12,14H2,2H3,(H,23,24). The van der Waals surface area contributed by atoms with Crippen molar-refractivity contribution in [1.29, 1.82) is 0 Å². The van der Waals surface area contributed by atoms with Crippen LogP contribution in [-0.2, 0) is 29.8 Å². The fourth-order valence-electron chi connectivity index (χ4n) is 5.13. The Bertz CT molecular complexity index is 916. The summed E-state index contributed by atoms with van der Waals surface area (Å²) in [4.78, 5) is 25.8. The lowest BCUT2D eigenvalue weighted by Gasteiger charge is -2.50. The van der Waals surface area contributed by atoms with E-state index in [1.165, 1.54) is 17.0 Å². The van der Waals surface area contributed by atoms with Crippen molar-refractivity contribution in [2.24, 2.45) is 5.92 Å². The highest BCUT2D eigenvalue weighted by Crippen LogP contribution is 2.45. The normalized spacial score (nSPS) is 21.3. The Morgan fingerprint density at radius 1 is 1.34 bits per heavy atom. The van der Waals surface area contributed by atoms with Crippen molar-refractivity contribution in [3.63, 3.8) is 0 Å². The average molecular weight is 395 g/mol. The molecular formula is C22H30N6O. The third kappa shape index (κ3) is 3.12. The van der Waals surface area contributed by atoms with E-state index >= 15 is 0 Å². The number of imidazole rings is 1. The van der Waals surface area contributed by atoms with E-state index in [2.05, 4.69) is 33.4 Å². The van der Waals surface area contributed by atoms with Gasteiger partial charge in [0.15, 0.2) is 0 Å². The predicted molar refractivity (Wildman–Crippen MR) is 110 cm³/mol. The summed E-state index contributed by atoms with van der Waals surface area (Å²) >= 11 is 0. The molecule has 29 heavy (non-hydrogen) atoms. The summed E-state index contributed by atoms with van der Waals surface area (Å²) in [6.07, 6.45) is 10.6. The van der Waals surface area contributed by atoms with E-state index in [4.69, 9.17) is 4.98 Å². The zero-order valence-corrected chi connectivity index (χ0v) is 17.2. The maximum atomic E-state index is 13.1. The van der Waals surface area contributed by atoms with E-state index in [-0.39, 0.29) is 11.5 Å². The summed E-state index contributed by atoms with van der Waals surface area (Å²) in [6, 6.07) is 0. The van der Waals surface area contributed by atoms with E-state index in [0.29, 0.717) is 5.91 Å². The van der Waals surface area contributed by atoms with Crippen molar-refractivity contribution in [3.05, 3.63) is 47.8 Å². The summed E-state index contributed by atoms with van der Waals surface area (Å²) in [5.41, 5.74) is 4.60. The molecule has 2 aromatic heterocycles. The van der Waals surface area contributed by atoms with Gasteiger partial charge < -0.3 is 9.88 Å². The minimum Gasteiger partial charge on any atom is -0.348 e. The second kappa shape index (κ2) is 7.13. The minimum absolute atomic E-state index is 0.230. The van der Waals surface area contributed by atoms with Gasteiger partial charge in [-0.1, -0.05) is 6.08 Å². The van der Waals surface area contributed by atoms with Gasteiger partial charge in [-0.15, -0.1) is 6.58 Å². The number of carbonyl (C=O) groups excluding carboxylic acids is 1. The molecule has 5 rings (SSSR count). The van der Waals surface area contributed by atoms with E-state index in [1.54, 1.807) is 6.33 Å². The van der Waals surface area contributed by atoms with Crippen molar-refractivity contribution in [2.45, 2.75) is 57.7 Å². The molecule has 0 unspecified atom stereocenters. The molecule has 0 atom stereocenters. The summed E-state index contributed by atoms with van der Waals surface area (Å²) in [5, 5.41) is 4.49. The van der Waals surface area contributed by atoms with Crippen LogP contribution in [0, 0.1) is 12.8 Å². The molecule has 3 aliphatic rings. The lowest BCUT2D eigenvalue weighted by molar-refractivity contribution is -0.143. The number of nitrogens with zero attached hydrogens (tertiary/aromatic N) is 5. The number of aromatic amines is 1. The number of allylic oxidation sites excluding steroid dienone is 1. The predicted octanol–water partition coefficient (Wildman–Crippen LogP) is 2.39. The molecule has 1 amide bonds. The molecule has 0 bridgehead atoms. The molecule has 154 valence electrons. The summed E-state index contributed by atoms with van der Waals surface area (Å²) in [5.74, 6) is 0.609. The lowest BCUT2D eigenvalue weighted by Crippen LogP contribution is -2.58. The van der Waals surface area contributed by atoms with Crippen LogP contribution in [0.4, 0.5) is 0 Å². The van der Waals surface area contributed by atoms with Gasteiger partial charge in [0.2, 0.25) is 5.91 Å². The van der Waals surface area contributed by atoms with Crippen LogP contribution in [0.5, 0.6) is 0 Å². The Balaban J connectivity index is 1.34. The fourth-order valence-corrected chi connectivity index (χ4v) is 5.13. The van der Waals surface area contributed by atoms with Crippen molar-refractivity contribution >= 4 is 5.91 Å². The van der Waals surface area contributed by atoms with Gasteiger partial charge in [0.1, 0.15) is 0 Å². The van der Waals surface area contributed by atoms with Crippen LogP contribution in [0.1, 0.15) is 48.3 Å². The first-order valence-corrected chi connectivity index (χ1v) is 10.8. The Morgan fingerprint density at radius 2 is 2.14 bits per heavy atom. The molecule has 7 heteroatoms. The Hall–Kier alpha value is -2.41. The second-order valence-electron chi connectivity index (χ2n) is 8.78. The van der Waals surface area contributed by atoms with Gasteiger partial charge in [-0.25, -0.2) is 4.98 Å². The molecule has 7 nitrogen and oxygen atoms in total. The number of nitrogens with one attached hydrogen (secondary N) is 1. The van der Waals surface area contributed by atoms with Crippen molar-refractivity contribution < 1.29 is 4.79 Å². The number of fused-ring (bicyclic) bond motifs is 2. The second-order valence-corrected chi connectivity index (χ2v) is 8.78. The Kier molecular flexibility index (Phi) is 4.57. The van der Waals surface area contributed by atoms with Gasteiger partial charge >= 0.3 is 0 Å². The fraction of sp³-hybridized carbons (Fsp3) is 0.591. The van der Waals surface area contributed by atoms with Crippen LogP contribution >= 0.6 is 0 Å². The molecule has 0 radical (unpaired) electrons. The summed E-state index contributed by atoms with van der Waals surface area (Å²) < 4.78 is 2.00. The Labute approximate surface area is 171 Å². The molecule has 1 saturated carbocycles. The van der Waals surface area contributed by atoms with Crippen molar-refractivity contribution in [3.8, 4) is 0 Å². The first-order chi connectivity index (χ1) is 14.1. The monoisotopic (exact) mass is 394 g/mol. The summed E-state index contributed by atoms with van der Waals surface area (Å²) in [6.45, 7) is 10.3. The quantitative estimate of drug-likeness (QED) is 0.791. The van der Waals surface area contributed by atoms with Crippen LogP contribution in [0.3, 0.4) is 0 Å². The van der Waals surface area contributed by atoms with E-state index in [1.807, 2.05) is 17.0 Å². The smallest absolute Gasteiger partial charge is 0.226 e. The van der Waals surface area contributed by atoms with E-state index < -0.39 is 0 Å². The summed E-state index contributed by atoms with van der Waals surface area (Å²) in [7, 11) is 0. The number of H-pyrrole nitrogens is 1. The number of hydrogen-bond acceptors (Lipinski definition) is 4. The molecule has 4 heterocycles. The van der Waals surface area contributed by atoms with Crippen LogP contribution in [0.25, 0.3) is 0 Å². The van der Waals surface area contributed by atoms with Gasteiger partial charge in [-0.2, -0.15) is 5.10 Å². The average Bonchev–Trinajstić information content (AvgIpc) is 3.38. The van der Waals surface area contributed by atoms with E-state index in [9.17, 15) is 4.79 Å². The number of aromatic nitrogens is 4. The molecule has 1 spiro atoms. The topological polar surface area (TPSA) is 70.1 Å². The van der Waals surface area contributed by atoms with Crippen molar-refractivity contribution in [2.75, 3.05) is 19.6 Å². The largest absolute Gasteiger partial charge is 0.348 e. The molecule has 2 aromatic rings. The zero-order chi connectivity index (χ0) is 20.0. The molecule has 1 N–H and O–H groups in total. The maximum absolute atomic E-state index is 13.1. The van der Waals surface area contributed by atoms with Crippen LogP contribution in [0.15, 0.2) is 25.2 Å². The van der Waals surface area contributed by atoms with Gasteiger partial charge in [0.05, 0.1) is 30.3 Å². The van der Waals surface area contributed by atoms with Gasteiger partial charge in [0.25, 0.3) is 0 Å². The van der Waals surface area contributed by atoms with Crippen LogP contribution in [-0.4, -0.2) is 55.1 Å². The van der Waals surface area contributed by atoms with Gasteiger partial charge in [-0.05, 0) is 32.6 Å². The van der Waals surface area contributed by atoms with Crippen molar-refractivity contribution in [1.82, 2.24) is 29.5 Å². The number of rotatable bonds is 5. The highest BCUT2D eigenvalue weighted by atomic mass is 16.2. The number of piperidine rings is 1. The minimum atomic E-state index is -0.230. The SMILES string of the molecule is C=CCn1ncc(CN2CCC3(CC2)c2nc[nH]c2CCN3C(=O)C2CC2)c1C. The molecule has 0 aromatic carbocycles. The van der Waals surface area contributed by atoms with Gasteiger partial charge in [0, 0.05) is 55.5 Å². The van der Waals surface area contributed by atoms with Crippen LogP contribution < -0.4 is 0 Å². The highest BCUT2D eigenvalue weighted by Gasteiger charge is 2.50. The number of likely N-dealkylation sites (tertiary alicyclic amines) is 1. The lowest BCUT2D eigenvalue weighted by atomic mass is 9.78. The van der Waals surface area contributed by atoms with Gasteiger partial charge in [-0.3, -0.25) is 14.4 Å². The van der Waals surface area contributed by atoms with E-state index in [0.717, 1.165) is 70.5 Å². The third-order valence-corrected chi connectivity index (χ3v) is 7.04. The Morgan fingerprint density at radius 3 is 2.86 bits per heavy atom. The maximum Gasteiger partial charge on any atom is 0.226 e. The first-order valence-electron chi connectivity index (χ1n) is 10.8. The highest BCUT2D eigenvalue weighted by molar-refractivity contribution is 5.82. The zero-order valence-electron chi connectivity index (χ0n) is 17.2. The molecule has 1 saturated heterocycles. The number of carbonyl (C=O) groups is 1. The third-order valence-electron chi connectivity index (χ3n) is 7.04. The number of hydrogen-bond donors (Lipinski definition) is 1.